The Balaban J connectivity index is 1.70. The first-order chi connectivity index (χ1) is 15.4. The maximum absolute atomic E-state index is 13.1. The fourth-order valence-corrected chi connectivity index (χ4v) is 3.27. The van der Waals surface area contributed by atoms with Gasteiger partial charge in [0.1, 0.15) is 11.4 Å². The van der Waals surface area contributed by atoms with Crippen LogP contribution in [-0.4, -0.2) is 28.7 Å². The minimum atomic E-state index is -0.455. The summed E-state index contributed by atoms with van der Waals surface area (Å²) in [5, 5.41) is 10.5. The van der Waals surface area contributed by atoms with Gasteiger partial charge in [0, 0.05) is 23.7 Å². The molecule has 2 heterocycles. The summed E-state index contributed by atoms with van der Waals surface area (Å²) in [4.78, 5) is 24.4. The summed E-state index contributed by atoms with van der Waals surface area (Å²) in [5.41, 5.74) is 2.39. The van der Waals surface area contributed by atoms with Crippen LogP contribution in [0.25, 0.3) is 17.1 Å². The smallest absolute Gasteiger partial charge is 0.276 e. The molecule has 0 atom stereocenters. The molecule has 2 aromatic heterocycles. The second kappa shape index (κ2) is 8.99. The first kappa shape index (κ1) is 21.2. The van der Waals surface area contributed by atoms with Gasteiger partial charge in [-0.3, -0.25) is 9.59 Å². The number of benzene rings is 2. The summed E-state index contributed by atoms with van der Waals surface area (Å²) in [5.74, 6) is 0.314. The van der Waals surface area contributed by atoms with Gasteiger partial charge in [-0.1, -0.05) is 11.6 Å². The number of amides is 2. The van der Waals surface area contributed by atoms with Crippen LogP contribution in [0.3, 0.4) is 0 Å². The number of ether oxygens (including phenoxy) is 1. The number of anilines is 2. The number of furan rings is 1. The molecule has 2 N–H and O–H groups in total. The molecule has 2 aromatic carbocycles. The van der Waals surface area contributed by atoms with E-state index in [0.717, 1.165) is 0 Å². The lowest BCUT2D eigenvalue weighted by atomic mass is 10.2. The maximum atomic E-state index is 13.1. The summed E-state index contributed by atoms with van der Waals surface area (Å²) in [6.07, 6.45) is 1.55. The number of nitrogens with one attached hydrogen (secondary N) is 2. The number of carbonyl (C=O) groups excluding carboxylic acids is 2. The number of aromatic nitrogens is 2. The van der Waals surface area contributed by atoms with Gasteiger partial charge in [0.15, 0.2) is 11.5 Å². The van der Waals surface area contributed by atoms with Crippen LogP contribution in [0.1, 0.15) is 17.4 Å². The van der Waals surface area contributed by atoms with E-state index in [0.29, 0.717) is 39.3 Å². The molecule has 4 aromatic rings. The Hall–Kier alpha value is -4.04. The fourth-order valence-electron chi connectivity index (χ4n) is 3.14. The molecule has 8 nitrogen and oxygen atoms in total. The molecule has 0 aliphatic rings. The molecule has 162 valence electrons. The molecule has 0 spiro atoms. The van der Waals surface area contributed by atoms with E-state index in [9.17, 15) is 9.59 Å². The van der Waals surface area contributed by atoms with Crippen LogP contribution in [0.5, 0.6) is 5.75 Å². The van der Waals surface area contributed by atoms with Crippen LogP contribution in [0.2, 0.25) is 5.02 Å². The van der Waals surface area contributed by atoms with Crippen LogP contribution >= 0.6 is 11.6 Å². The Labute approximate surface area is 188 Å². The minimum absolute atomic E-state index is 0.165. The Morgan fingerprint density at radius 1 is 1.06 bits per heavy atom. The van der Waals surface area contributed by atoms with Crippen molar-refractivity contribution in [1.29, 1.82) is 0 Å². The molecule has 9 heteroatoms. The van der Waals surface area contributed by atoms with Crippen LogP contribution < -0.4 is 15.4 Å². The molecule has 0 radical (unpaired) electrons. The SMILES string of the molecule is COc1ccc(NC(C)=O)cc1NC(=O)c1cc(-c2ccco2)n(-c2ccc(Cl)cc2)n1. The molecular formula is C23H19ClN4O4. The van der Waals surface area contributed by atoms with Crippen molar-refractivity contribution in [2.45, 2.75) is 6.92 Å². The molecule has 0 saturated heterocycles. The molecule has 0 aliphatic carbocycles. The third kappa shape index (κ3) is 4.50. The summed E-state index contributed by atoms with van der Waals surface area (Å²) in [6.45, 7) is 1.40. The number of hydrogen-bond donors (Lipinski definition) is 2. The normalized spacial score (nSPS) is 10.6. The van der Waals surface area contributed by atoms with Crippen molar-refractivity contribution in [3.63, 3.8) is 0 Å². The van der Waals surface area contributed by atoms with Crippen molar-refractivity contribution in [2.75, 3.05) is 17.7 Å². The molecule has 0 aliphatic heterocycles. The molecule has 32 heavy (non-hydrogen) atoms. The average molecular weight is 451 g/mol. The quantitative estimate of drug-likeness (QED) is 0.430. The molecule has 0 bridgehead atoms. The van der Waals surface area contributed by atoms with Gasteiger partial charge in [-0.15, -0.1) is 0 Å². The van der Waals surface area contributed by atoms with E-state index >= 15 is 0 Å². The van der Waals surface area contributed by atoms with E-state index in [1.165, 1.54) is 14.0 Å². The van der Waals surface area contributed by atoms with Crippen LogP contribution in [0, 0.1) is 0 Å². The fraction of sp³-hybridized carbons (Fsp3) is 0.0870. The Morgan fingerprint density at radius 2 is 1.84 bits per heavy atom. The third-order valence-corrected chi connectivity index (χ3v) is 4.81. The first-order valence-corrected chi connectivity index (χ1v) is 9.99. The number of rotatable bonds is 6. The van der Waals surface area contributed by atoms with Gasteiger partial charge in [-0.2, -0.15) is 5.10 Å². The highest BCUT2D eigenvalue weighted by Gasteiger charge is 2.20. The molecule has 0 unspecified atom stereocenters. The Bertz CT molecular complexity index is 1260. The van der Waals surface area contributed by atoms with Gasteiger partial charge in [0.05, 0.1) is 24.7 Å². The predicted molar refractivity (Wildman–Crippen MR) is 122 cm³/mol. The Morgan fingerprint density at radius 3 is 2.50 bits per heavy atom. The largest absolute Gasteiger partial charge is 0.495 e. The van der Waals surface area contributed by atoms with E-state index in [1.54, 1.807) is 71.6 Å². The van der Waals surface area contributed by atoms with Gasteiger partial charge < -0.3 is 19.8 Å². The topological polar surface area (TPSA) is 98.4 Å². The Kier molecular flexibility index (Phi) is 5.96. The van der Waals surface area contributed by atoms with Gasteiger partial charge in [0.25, 0.3) is 5.91 Å². The predicted octanol–water partition coefficient (Wildman–Crippen LogP) is 5.01. The van der Waals surface area contributed by atoms with E-state index in [2.05, 4.69) is 15.7 Å². The maximum Gasteiger partial charge on any atom is 0.276 e. The van der Waals surface area contributed by atoms with Crippen molar-refractivity contribution < 1.29 is 18.7 Å². The van der Waals surface area contributed by atoms with Gasteiger partial charge in [-0.05, 0) is 54.6 Å². The van der Waals surface area contributed by atoms with Gasteiger partial charge in [-0.25, -0.2) is 4.68 Å². The van der Waals surface area contributed by atoms with Crippen molar-refractivity contribution in [1.82, 2.24) is 9.78 Å². The number of halogens is 1. The molecular weight excluding hydrogens is 432 g/mol. The zero-order valence-electron chi connectivity index (χ0n) is 17.3. The van der Waals surface area contributed by atoms with Crippen molar-refractivity contribution >= 4 is 34.8 Å². The molecule has 4 rings (SSSR count). The number of carbonyl (C=O) groups is 2. The average Bonchev–Trinajstić information content (AvgIpc) is 3.44. The monoisotopic (exact) mass is 450 g/mol. The van der Waals surface area contributed by atoms with Crippen molar-refractivity contribution in [3.8, 4) is 22.9 Å². The highest BCUT2D eigenvalue weighted by atomic mass is 35.5. The van der Waals surface area contributed by atoms with Gasteiger partial charge in [0.2, 0.25) is 5.91 Å². The zero-order valence-corrected chi connectivity index (χ0v) is 18.0. The summed E-state index contributed by atoms with van der Waals surface area (Å²) in [6, 6.07) is 17.2. The number of methoxy groups -OCH3 is 1. The summed E-state index contributed by atoms with van der Waals surface area (Å²) in [7, 11) is 1.49. The number of hydrogen-bond acceptors (Lipinski definition) is 5. The zero-order chi connectivity index (χ0) is 22.7. The van der Waals surface area contributed by atoms with Gasteiger partial charge >= 0.3 is 0 Å². The highest BCUT2D eigenvalue weighted by molar-refractivity contribution is 6.30. The second-order valence-electron chi connectivity index (χ2n) is 6.83. The van der Waals surface area contributed by atoms with Crippen LogP contribution in [0.4, 0.5) is 11.4 Å². The van der Waals surface area contributed by atoms with E-state index < -0.39 is 5.91 Å². The minimum Gasteiger partial charge on any atom is -0.495 e. The number of nitrogens with zero attached hydrogens (tertiary/aromatic N) is 2. The van der Waals surface area contributed by atoms with Crippen molar-refractivity contribution in [2.24, 2.45) is 0 Å². The summed E-state index contributed by atoms with van der Waals surface area (Å²) < 4.78 is 12.5. The third-order valence-electron chi connectivity index (χ3n) is 4.55. The van der Waals surface area contributed by atoms with E-state index in [4.69, 9.17) is 20.8 Å². The lowest BCUT2D eigenvalue weighted by Crippen LogP contribution is -2.14. The van der Waals surface area contributed by atoms with E-state index in [-0.39, 0.29) is 11.6 Å². The first-order valence-electron chi connectivity index (χ1n) is 9.61. The van der Waals surface area contributed by atoms with Crippen LogP contribution in [-0.2, 0) is 4.79 Å². The standard InChI is InChI=1S/C23H19ClN4O4/c1-14(29)25-16-7-10-21(31-2)18(12-16)26-23(30)19-13-20(22-4-3-11-32-22)28(27-19)17-8-5-15(24)6-9-17/h3-13H,1-2H3,(H,25,29)(H,26,30). The summed E-state index contributed by atoms with van der Waals surface area (Å²) >= 11 is 6.01. The van der Waals surface area contributed by atoms with Crippen molar-refractivity contribution in [3.05, 3.63) is 77.6 Å². The lowest BCUT2D eigenvalue weighted by Gasteiger charge is -2.11. The highest BCUT2D eigenvalue weighted by Crippen LogP contribution is 2.30. The lowest BCUT2D eigenvalue weighted by molar-refractivity contribution is -0.114. The second-order valence-corrected chi connectivity index (χ2v) is 7.27. The van der Waals surface area contributed by atoms with Crippen LogP contribution in [0.15, 0.2) is 71.3 Å². The molecule has 0 saturated carbocycles. The molecule has 0 fully saturated rings. The molecule has 2 amide bonds. The van der Waals surface area contributed by atoms with E-state index in [1.807, 2.05) is 0 Å².